The summed E-state index contributed by atoms with van der Waals surface area (Å²) in [5.41, 5.74) is 0. The molecule has 0 N–H and O–H groups in total. The molecule has 0 aliphatic rings. The molecule has 0 aliphatic heterocycles. The summed E-state index contributed by atoms with van der Waals surface area (Å²) in [6, 6.07) is 0. The Labute approximate surface area is 132 Å². The van der Waals surface area contributed by atoms with Crippen molar-refractivity contribution in [3.05, 3.63) is 12.2 Å². The second-order valence-corrected chi connectivity index (χ2v) is 5.92. The van der Waals surface area contributed by atoms with E-state index in [-0.39, 0.29) is 5.97 Å². The van der Waals surface area contributed by atoms with Gasteiger partial charge in [0.25, 0.3) is 0 Å². The van der Waals surface area contributed by atoms with Gasteiger partial charge in [0.05, 0.1) is 6.61 Å². The van der Waals surface area contributed by atoms with Crippen molar-refractivity contribution in [2.75, 3.05) is 6.61 Å². The smallest absolute Gasteiger partial charge is 0.302 e. The molecule has 124 valence electrons. The average Bonchev–Trinajstić information content (AvgIpc) is 2.46. The maximum absolute atomic E-state index is 10.6. The maximum atomic E-state index is 10.6. The molecule has 0 aromatic heterocycles. The summed E-state index contributed by atoms with van der Waals surface area (Å²) in [4.78, 5) is 10.6. The molecule has 0 atom stereocenters. The Kier molecular flexibility index (Phi) is 16.6. The Morgan fingerprint density at radius 1 is 0.762 bits per heavy atom. The molecule has 0 aromatic rings. The fraction of sp³-hybridized carbons (Fsp3) is 0.842. The third-order valence-electron chi connectivity index (χ3n) is 3.71. The molecule has 0 radical (unpaired) electrons. The van der Waals surface area contributed by atoms with Crippen LogP contribution in [0.1, 0.15) is 97.3 Å². The van der Waals surface area contributed by atoms with Gasteiger partial charge in [-0.15, -0.1) is 0 Å². The molecule has 0 bridgehead atoms. The molecule has 0 fully saturated rings. The summed E-state index contributed by atoms with van der Waals surface area (Å²) < 4.78 is 4.91. The van der Waals surface area contributed by atoms with Gasteiger partial charge in [-0.1, -0.05) is 76.9 Å². The van der Waals surface area contributed by atoms with Crippen molar-refractivity contribution in [2.45, 2.75) is 97.3 Å². The van der Waals surface area contributed by atoms with Crippen LogP contribution in [0.2, 0.25) is 0 Å². The normalized spacial score (nSPS) is 11.1. The maximum Gasteiger partial charge on any atom is 0.302 e. The van der Waals surface area contributed by atoms with Gasteiger partial charge in [0.1, 0.15) is 0 Å². The van der Waals surface area contributed by atoms with E-state index >= 15 is 0 Å². The highest BCUT2D eigenvalue weighted by molar-refractivity contribution is 5.65. The molecule has 2 heteroatoms. The van der Waals surface area contributed by atoms with Gasteiger partial charge in [0.2, 0.25) is 0 Å². The van der Waals surface area contributed by atoms with Crippen LogP contribution in [0.5, 0.6) is 0 Å². The number of ether oxygens (including phenoxy) is 1. The lowest BCUT2D eigenvalue weighted by Gasteiger charge is -2.03. The van der Waals surface area contributed by atoms with Crippen LogP contribution in [0.4, 0.5) is 0 Å². The summed E-state index contributed by atoms with van der Waals surface area (Å²) in [5, 5.41) is 0. The second kappa shape index (κ2) is 17.3. The molecule has 0 unspecified atom stereocenters. The quantitative estimate of drug-likeness (QED) is 0.204. The van der Waals surface area contributed by atoms with E-state index in [4.69, 9.17) is 4.74 Å². The van der Waals surface area contributed by atoms with Crippen LogP contribution >= 0.6 is 0 Å². The number of carbonyl (C=O) groups excluding carboxylic acids is 1. The lowest BCUT2D eigenvalue weighted by molar-refractivity contribution is -0.141. The van der Waals surface area contributed by atoms with E-state index in [1.165, 1.54) is 84.0 Å². The predicted molar refractivity (Wildman–Crippen MR) is 91.5 cm³/mol. The van der Waals surface area contributed by atoms with Gasteiger partial charge in [-0.05, 0) is 25.7 Å². The summed E-state index contributed by atoms with van der Waals surface area (Å²) in [6.45, 7) is 4.32. The molecule has 0 aliphatic carbocycles. The number of carbonyl (C=O) groups is 1. The van der Waals surface area contributed by atoms with Crippen LogP contribution in [-0.2, 0) is 9.53 Å². The van der Waals surface area contributed by atoms with Gasteiger partial charge in [-0.3, -0.25) is 4.79 Å². The standard InChI is InChI=1S/C19H36O2/c1-3-4-5-6-7-8-9-10-11-12-13-14-15-16-17-18-21-19(2)20/h6-7H,3-5,8-18H2,1-2H3. The number of hydrogen-bond acceptors (Lipinski definition) is 2. The number of hydrogen-bond donors (Lipinski definition) is 0. The number of rotatable bonds is 15. The molecule has 0 heterocycles. The number of allylic oxidation sites excluding steroid dienone is 2. The topological polar surface area (TPSA) is 26.3 Å². The van der Waals surface area contributed by atoms with E-state index < -0.39 is 0 Å². The Morgan fingerprint density at radius 3 is 1.76 bits per heavy atom. The van der Waals surface area contributed by atoms with Crippen molar-refractivity contribution in [3.63, 3.8) is 0 Å². The van der Waals surface area contributed by atoms with E-state index in [0.717, 1.165) is 6.42 Å². The first kappa shape index (κ1) is 20.2. The molecule has 0 saturated heterocycles. The zero-order valence-corrected chi connectivity index (χ0v) is 14.4. The zero-order valence-electron chi connectivity index (χ0n) is 14.4. The highest BCUT2D eigenvalue weighted by Gasteiger charge is 1.94. The summed E-state index contributed by atoms with van der Waals surface area (Å²) in [5.74, 6) is -0.157. The molecule has 2 nitrogen and oxygen atoms in total. The first-order valence-corrected chi connectivity index (χ1v) is 9.05. The molecule has 0 aromatic carbocycles. The molecule has 0 amide bonds. The van der Waals surface area contributed by atoms with Crippen LogP contribution in [0.3, 0.4) is 0 Å². The fourth-order valence-corrected chi connectivity index (χ4v) is 2.38. The summed E-state index contributed by atoms with van der Waals surface area (Å²) in [6.07, 6.45) is 21.5. The van der Waals surface area contributed by atoms with Crippen molar-refractivity contribution < 1.29 is 9.53 Å². The highest BCUT2D eigenvalue weighted by Crippen LogP contribution is 2.11. The Morgan fingerprint density at radius 2 is 1.24 bits per heavy atom. The fourth-order valence-electron chi connectivity index (χ4n) is 2.38. The third-order valence-corrected chi connectivity index (χ3v) is 3.71. The predicted octanol–water partition coefficient (Wildman–Crippen LogP) is 6.20. The Balaban J connectivity index is 3.02. The summed E-state index contributed by atoms with van der Waals surface area (Å²) in [7, 11) is 0. The van der Waals surface area contributed by atoms with Crippen molar-refractivity contribution in [1.82, 2.24) is 0 Å². The van der Waals surface area contributed by atoms with Gasteiger partial charge in [0.15, 0.2) is 0 Å². The molecule has 0 spiro atoms. The Hall–Kier alpha value is -0.790. The van der Waals surface area contributed by atoms with E-state index in [0.29, 0.717) is 6.61 Å². The molecule has 0 saturated carbocycles. The van der Waals surface area contributed by atoms with Gasteiger partial charge in [-0.2, -0.15) is 0 Å². The van der Waals surface area contributed by atoms with Gasteiger partial charge < -0.3 is 4.74 Å². The molecular weight excluding hydrogens is 260 g/mol. The highest BCUT2D eigenvalue weighted by atomic mass is 16.5. The van der Waals surface area contributed by atoms with Crippen molar-refractivity contribution >= 4 is 5.97 Å². The average molecular weight is 296 g/mol. The SMILES string of the molecule is CCCCC=CCCCCCCCCCCCOC(C)=O. The first-order valence-electron chi connectivity index (χ1n) is 9.05. The molecule has 21 heavy (non-hydrogen) atoms. The molecular formula is C19H36O2. The minimum Gasteiger partial charge on any atom is -0.466 e. The van der Waals surface area contributed by atoms with Crippen molar-refractivity contribution in [1.29, 1.82) is 0 Å². The van der Waals surface area contributed by atoms with E-state index in [1.807, 2.05) is 0 Å². The van der Waals surface area contributed by atoms with Gasteiger partial charge in [0, 0.05) is 6.92 Å². The van der Waals surface area contributed by atoms with E-state index in [9.17, 15) is 4.79 Å². The van der Waals surface area contributed by atoms with Crippen LogP contribution < -0.4 is 0 Å². The van der Waals surface area contributed by atoms with Crippen molar-refractivity contribution in [2.24, 2.45) is 0 Å². The Bertz CT molecular complexity index is 246. The van der Waals surface area contributed by atoms with Crippen LogP contribution in [0.15, 0.2) is 12.2 Å². The summed E-state index contributed by atoms with van der Waals surface area (Å²) >= 11 is 0. The van der Waals surface area contributed by atoms with Crippen LogP contribution in [0, 0.1) is 0 Å². The monoisotopic (exact) mass is 296 g/mol. The largest absolute Gasteiger partial charge is 0.466 e. The van der Waals surface area contributed by atoms with E-state index in [2.05, 4.69) is 19.1 Å². The first-order chi connectivity index (χ1) is 10.3. The third kappa shape index (κ3) is 19.2. The number of esters is 1. The minimum absolute atomic E-state index is 0.157. The number of unbranched alkanes of at least 4 members (excludes halogenated alkanes) is 11. The van der Waals surface area contributed by atoms with E-state index in [1.54, 1.807) is 0 Å². The second-order valence-electron chi connectivity index (χ2n) is 5.92. The lowest BCUT2D eigenvalue weighted by Crippen LogP contribution is -2.00. The minimum atomic E-state index is -0.157. The lowest BCUT2D eigenvalue weighted by atomic mass is 10.1. The molecule has 0 rings (SSSR count). The van der Waals surface area contributed by atoms with Gasteiger partial charge in [-0.25, -0.2) is 0 Å². The van der Waals surface area contributed by atoms with Gasteiger partial charge >= 0.3 is 5.97 Å². The van der Waals surface area contributed by atoms with Crippen molar-refractivity contribution in [3.8, 4) is 0 Å². The zero-order chi connectivity index (χ0) is 15.6. The van der Waals surface area contributed by atoms with Crippen LogP contribution in [0.25, 0.3) is 0 Å². The van der Waals surface area contributed by atoms with Crippen LogP contribution in [-0.4, -0.2) is 12.6 Å².